The zero-order valence-corrected chi connectivity index (χ0v) is 11.0. The largest absolute Gasteiger partial charge is 0.508 e. The van der Waals surface area contributed by atoms with Gasteiger partial charge in [0.1, 0.15) is 5.75 Å². The van der Waals surface area contributed by atoms with E-state index >= 15 is 0 Å². The molecular formula is C14H24N2O2. The predicted octanol–water partition coefficient (Wildman–Crippen LogP) is 1.30. The lowest BCUT2D eigenvalue weighted by Crippen LogP contribution is -2.25. The first-order valence-electron chi connectivity index (χ1n) is 6.48. The van der Waals surface area contributed by atoms with Gasteiger partial charge in [-0.3, -0.25) is 0 Å². The van der Waals surface area contributed by atoms with E-state index in [4.69, 9.17) is 11.5 Å². The third-order valence-electron chi connectivity index (χ3n) is 3.52. The number of aliphatic hydroxyl groups is 1. The van der Waals surface area contributed by atoms with Crippen LogP contribution < -0.4 is 11.5 Å². The lowest BCUT2D eigenvalue weighted by atomic mass is 9.86. The molecule has 0 radical (unpaired) electrons. The second-order valence-electron chi connectivity index (χ2n) is 4.72. The quantitative estimate of drug-likeness (QED) is 0.588. The van der Waals surface area contributed by atoms with Gasteiger partial charge < -0.3 is 21.7 Å². The highest BCUT2D eigenvalue weighted by atomic mass is 16.3. The third kappa shape index (κ3) is 3.70. The van der Waals surface area contributed by atoms with E-state index in [9.17, 15) is 10.2 Å². The van der Waals surface area contributed by atoms with Crippen LogP contribution in [0.1, 0.15) is 36.8 Å². The molecule has 0 aliphatic heterocycles. The van der Waals surface area contributed by atoms with E-state index in [1.54, 1.807) is 6.07 Å². The van der Waals surface area contributed by atoms with Gasteiger partial charge in [-0.05, 0) is 55.5 Å². The molecular weight excluding hydrogens is 228 g/mol. The van der Waals surface area contributed by atoms with E-state index in [1.807, 2.05) is 12.1 Å². The molecule has 0 aromatic heterocycles. The smallest absolute Gasteiger partial charge is 0.121 e. The zero-order chi connectivity index (χ0) is 13.5. The molecule has 1 aromatic rings. The second-order valence-corrected chi connectivity index (χ2v) is 4.72. The van der Waals surface area contributed by atoms with Crippen LogP contribution in [-0.4, -0.2) is 23.3 Å². The van der Waals surface area contributed by atoms with Gasteiger partial charge in [0.05, 0.1) is 6.61 Å². The van der Waals surface area contributed by atoms with E-state index in [-0.39, 0.29) is 12.4 Å². The number of phenols is 1. The van der Waals surface area contributed by atoms with Gasteiger partial charge in [0.2, 0.25) is 0 Å². The highest BCUT2D eigenvalue weighted by Gasteiger charge is 2.16. The SMILES string of the molecule is CCC(CC(CN)CN)c1ccc(O)c(CO)c1. The number of aromatic hydroxyl groups is 1. The van der Waals surface area contributed by atoms with Crippen molar-refractivity contribution in [1.29, 1.82) is 0 Å². The molecule has 1 atom stereocenters. The van der Waals surface area contributed by atoms with Crippen molar-refractivity contribution in [3.8, 4) is 5.75 Å². The normalized spacial score (nSPS) is 12.9. The maximum Gasteiger partial charge on any atom is 0.121 e. The molecule has 6 N–H and O–H groups in total. The molecule has 0 aliphatic rings. The monoisotopic (exact) mass is 252 g/mol. The summed E-state index contributed by atoms with van der Waals surface area (Å²) in [5.74, 6) is 0.833. The van der Waals surface area contributed by atoms with Gasteiger partial charge in [0, 0.05) is 5.56 Å². The number of hydrogen-bond acceptors (Lipinski definition) is 4. The summed E-state index contributed by atoms with van der Waals surface area (Å²) in [5.41, 5.74) is 13.1. The Hall–Kier alpha value is -1.10. The van der Waals surface area contributed by atoms with Gasteiger partial charge in [0.15, 0.2) is 0 Å². The van der Waals surface area contributed by atoms with Gasteiger partial charge in [0.25, 0.3) is 0 Å². The lowest BCUT2D eigenvalue weighted by Gasteiger charge is -2.21. The van der Waals surface area contributed by atoms with Gasteiger partial charge in [-0.1, -0.05) is 13.0 Å². The average molecular weight is 252 g/mol. The molecule has 0 spiro atoms. The Balaban J connectivity index is 2.87. The Morgan fingerprint density at radius 1 is 1.22 bits per heavy atom. The first-order valence-corrected chi connectivity index (χ1v) is 6.48. The minimum atomic E-state index is -0.146. The Morgan fingerprint density at radius 2 is 1.89 bits per heavy atom. The maximum absolute atomic E-state index is 9.56. The Bertz CT molecular complexity index is 365. The molecule has 4 nitrogen and oxygen atoms in total. The molecule has 102 valence electrons. The van der Waals surface area contributed by atoms with Gasteiger partial charge in [-0.15, -0.1) is 0 Å². The van der Waals surface area contributed by atoms with Crippen molar-refractivity contribution in [2.75, 3.05) is 13.1 Å². The fourth-order valence-corrected chi connectivity index (χ4v) is 2.22. The summed E-state index contributed by atoms with van der Waals surface area (Å²) < 4.78 is 0. The summed E-state index contributed by atoms with van der Waals surface area (Å²) in [6, 6.07) is 5.42. The minimum absolute atomic E-state index is 0.144. The van der Waals surface area contributed by atoms with Crippen LogP contribution in [0.2, 0.25) is 0 Å². The van der Waals surface area contributed by atoms with Crippen LogP contribution in [0.3, 0.4) is 0 Å². The van der Waals surface area contributed by atoms with E-state index < -0.39 is 0 Å². The second kappa shape index (κ2) is 7.36. The molecule has 0 heterocycles. The van der Waals surface area contributed by atoms with E-state index in [1.165, 1.54) is 0 Å². The summed E-state index contributed by atoms with van der Waals surface area (Å²) in [6.07, 6.45) is 1.94. The molecule has 0 saturated carbocycles. The molecule has 1 aromatic carbocycles. The highest BCUT2D eigenvalue weighted by molar-refractivity contribution is 5.37. The highest BCUT2D eigenvalue weighted by Crippen LogP contribution is 2.30. The molecule has 0 bridgehead atoms. The standard InChI is InChI=1S/C14H24N2O2/c1-2-11(5-10(7-15)8-16)12-3-4-14(18)13(6-12)9-17/h3-4,6,10-11,17-18H,2,5,7-9,15-16H2,1H3. The summed E-state index contributed by atoms with van der Waals surface area (Å²) in [6.45, 7) is 3.17. The van der Waals surface area contributed by atoms with E-state index in [2.05, 4.69) is 6.92 Å². The van der Waals surface area contributed by atoms with Gasteiger partial charge >= 0.3 is 0 Å². The number of aliphatic hydroxyl groups excluding tert-OH is 1. The van der Waals surface area contributed by atoms with Crippen LogP contribution in [0.5, 0.6) is 5.75 Å². The van der Waals surface area contributed by atoms with Gasteiger partial charge in [-0.25, -0.2) is 0 Å². The zero-order valence-electron chi connectivity index (χ0n) is 11.0. The van der Waals surface area contributed by atoms with Crippen molar-refractivity contribution in [3.63, 3.8) is 0 Å². The van der Waals surface area contributed by atoms with Crippen LogP contribution >= 0.6 is 0 Å². The van der Waals surface area contributed by atoms with Crippen molar-refractivity contribution in [2.45, 2.75) is 32.3 Å². The van der Waals surface area contributed by atoms with Crippen LogP contribution in [0.15, 0.2) is 18.2 Å². The van der Waals surface area contributed by atoms with Crippen molar-refractivity contribution < 1.29 is 10.2 Å². The van der Waals surface area contributed by atoms with Crippen LogP contribution in [0, 0.1) is 5.92 Å². The molecule has 0 amide bonds. The minimum Gasteiger partial charge on any atom is -0.508 e. The Labute approximate surface area is 109 Å². The van der Waals surface area contributed by atoms with Gasteiger partial charge in [-0.2, -0.15) is 0 Å². The average Bonchev–Trinajstić information content (AvgIpc) is 2.41. The lowest BCUT2D eigenvalue weighted by molar-refractivity contribution is 0.275. The molecule has 0 saturated heterocycles. The van der Waals surface area contributed by atoms with Crippen LogP contribution in [0.25, 0.3) is 0 Å². The third-order valence-corrected chi connectivity index (χ3v) is 3.52. The Kier molecular flexibility index (Phi) is 6.12. The summed E-state index contributed by atoms with van der Waals surface area (Å²) in [7, 11) is 0. The predicted molar refractivity (Wildman–Crippen MR) is 73.3 cm³/mol. The number of hydrogen-bond donors (Lipinski definition) is 4. The molecule has 1 rings (SSSR count). The summed E-state index contributed by atoms with van der Waals surface area (Å²) >= 11 is 0. The first kappa shape index (κ1) is 15.0. The Morgan fingerprint density at radius 3 is 2.39 bits per heavy atom. The first-order chi connectivity index (χ1) is 8.65. The molecule has 1 unspecified atom stereocenters. The maximum atomic E-state index is 9.56. The van der Waals surface area contributed by atoms with E-state index in [0.29, 0.717) is 30.5 Å². The van der Waals surface area contributed by atoms with Crippen molar-refractivity contribution in [1.82, 2.24) is 0 Å². The summed E-state index contributed by atoms with van der Waals surface area (Å²) in [5, 5.41) is 18.7. The molecule has 0 aliphatic carbocycles. The van der Waals surface area contributed by atoms with E-state index in [0.717, 1.165) is 18.4 Å². The number of rotatable bonds is 7. The summed E-state index contributed by atoms with van der Waals surface area (Å²) in [4.78, 5) is 0. The number of benzene rings is 1. The van der Waals surface area contributed by atoms with Crippen molar-refractivity contribution >= 4 is 0 Å². The molecule has 0 fully saturated rings. The number of nitrogens with two attached hydrogens (primary N) is 2. The topological polar surface area (TPSA) is 92.5 Å². The van der Waals surface area contributed by atoms with Crippen molar-refractivity contribution in [2.24, 2.45) is 17.4 Å². The fraction of sp³-hybridized carbons (Fsp3) is 0.571. The van der Waals surface area contributed by atoms with Crippen molar-refractivity contribution in [3.05, 3.63) is 29.3 Å². The van der Waals surface area contributed by atoms with Crippen LogP contribution in [-0.2, 0) is 6.61 Å². The molecule has 4 heteroatoms. The van der Waals surface area contributed by atoms with Crippen LogP contribution in [0.4, 0.5) is 0 Å². The molecule has 18 heavy (non-hydrogen) atoms. The fourth-order valence-electron chi connectivity index (χ4n) is 2.22.